The standard InChI is InChI=1S/C10H8FNO3/c11-6-1-2-7-8(3-4-10(13)14)12-15-9(7)5-6/h1-2,5H,3-4H2,(H,13,14). The van der Waals surface area contributed by atoms with Crippen LogP contribution in [0.15, 0.2) is 22.7 Å². The number of aryl methyl sites for hydroxylation is 1. The summed E-state index contributed by atoms with van der Waals surface area (Å²) in [6, 6.07) is 4.06. The molecule has 0 bridgehead atoms. The molecule has 78 valence electrons. The first kappa shape index (κ1) is 9.64. The highest BCUT2D eigenvalue weighted by Crippen LogP contribution is 2.20. The van der Waals surface area contributed by atoms with Gasteiger partial charge >= 0.3 is 5.97 Å². The van der Waals surface area contributed by atoms with Gasteiger partial charge in [-0.3, -0.25) is 4.79 Å². The van der Waals surface area contributed by atoms with Gasteiger partial charge in [-0.15, -0.1) is 0 Å². The van der Waals surface area contributed by atoms with Gasteiger partial charge in [-0.2, -0.15) is 0 Å². The average molecular weight is 209 g/mol. The number of fused-ring (bicyclic) bond motifs is 1. The molecule has 0 atom stereocenters. The fraction of sp³-hybridized carbons (Fsp3) is 0.200. The summed E-state index contributed by atoms with van der Waals surface area (Å²) in [5.41, 5.74) is 0.891. The first-order valence-electron chi connectivity index (χ1n) is 4.42. The van der Waals surface area contributed by atoms with E-state index < -0.39 is 11.8 Å². The number of benzene rings is 1. The molecule has 1 aromatic heterocycles. The molecule has 0 radical (unpaired) electrons. The van der Waals surface area contributed by atoms with Crippen molar-refractivity contribution in [3.8, 4) is 0 Å². The zero-order valence-electron chi connectivity index (χ0n) is 7.74. The maximum Gasteiger partial charge on any atom is 0.303 e. The lowest BCUT2D eigenvalue weighted by molar-refractivity contribution is -0.136. The maximum atomic E-state index is 12.8. The highest BCUT2D eigenvalue weighted by Gasteiger charge is 2.10. The molecule has 1 N–H and O–H groups in total. The van der Waals surface area contributed by atoms with Crippen LogP contribution in [0.1, 0.15) is 12.1 Å². The van der Waals surface area contributed by atoms with Gasteiger partial charge in [0.15, 0.2) is 5.58 Å². The summed E-state index contributed by atoms with van der Waals surface area (Å²) in [4.78, 5) is 10.4. The SMILES string of the molecule is O=C(O)CCc1noc2cc(F)ccc12. The normalized spacial score (nSPS) is 10.7. The van der Waals surface area contributed by atoms with Gasteiger partial charge in [-0.25, -0.2) is 4.39 Å². The Bertz CT molecular complexity index is 506. The van der Waals surface area contributed by atoms with Crippen molar-refractivity contribution in [2.24, 2.45) is 0 Å². The van der Waals surface area contributed by atoms with Crippen molar-refractivity contribution in [2.75, 3.05) is 0 Å². The molecule has 5 heteroatoms. The molecule has 0 saturated heterocycles. The zero-order chi connectivity index (χ0) is 10.8. The van der Waals surface area contributed by atoms with Gasteiger partial charge in [0.05, 0.1) is 12.1 Å². The van der Waals surface area contributed by atoms with Crippen molar-refractivity contribution in [3.63, 3.8) is 0 Å². The molecule has 15 heavy (non-hydrogen) atoms. The van der Waals surface area contributed by atoms with Crippen LogP contribution in [0.25, 0.3) is 11.0 Å². The smallest absolute Gasteiger partial charge is 0.303 e. The van der Waals surface area contributed by atoms with E-state index >= 15 is 0 Å². The van der Waals surface area contributed by atoms with E-state index in [0.29, 0.717) is 16.7 Å². The predicted molar refractivity (Wildman–Crippen MR) is 49.9 cm³/mol. The Morgan fingerprint density at radius 1 is 1.53 bits per heavy atom. The first-order chi connectivity index (χ1) is 7.16. The van der Waals surface area contributed by atoms with Crippen LogP contribution in [-0.4, -0.2) is 16.2 Å². The Balaban J connectivity index is 2.32. The molecule has 1 heterocycles. The van der Waals surface area contributed by atoms with E-state index in [1.54, 1.807) is 6.07 Å². The Labute approximate surface area is 84.3 Å². The Kier molecular flexibility index (Phi) is 2.37. The average Bonchev–Trinajstić information content (AvgIpc) is 2.57. The summed E-state index contributed by atoms with van der Waals surface area (Å²) in [6.07, 6.45) is 0.271. The lowest BCUT2D eigenvalue weighted by atomic mass is 10.1. The minimum Gasteiger partial charge on any atom is -0.481 e. The van der Waals surface area contributed by atoms with Crippen LogP contribution in [0.3, 0.4) is 0 Å². The van der Waals surface area contributed by atoms with E-state index in [9.17, 15) is 9.18 Å². The van der Waals surface area contributed by atoms with Crippen LogP contribution in [0, 0.1) is 5.82 Å². The second kappa shape index (κ2) is 3.68. The van der Waals surface area contributed by atoms with Crippen molar-refractivity contribution in [3.05, 3.63) is 29.7 Å². The predicted octanol–water partition coefficient (Wildman–Crippen LogP) is 1.98. The molecule has 0 aliphatic rings. The van der Waals surface area contributed by atoms with Crippen molar-refractivity contribution in [1.29, 1.82) is 0 Å². The molecule has 0 spiro atoms. The number of halogens is 1. The molecule has 0 amide bonds. The van der Waals surface area contributed by atoms with E-state index in [1.165, 1.54) is 12.1 Å². The van der Waals surface area contributed by atoms with Gasteiger partial charge in [0.2, 0.25) is 0 Å². The van der Waals surface area contributed by atoms with Crippen LogP contribution >= 0.6 is 0 Å². The van der Waals surface area contributed by atoms with Crippen LogP contribution in [0.2, 0.25) is 0 Å². The number of hydrogen-bond acceptors (Lipinski definition) is 3. The summed E-state index contributed by atoms with van der Waals surface area (Å²) in [5, 5.41) is 12.9. The minimum atomic E-state index is -0.895. The third-order valence-corrected chi connectivity index (χ3v) is 2.08. The fourth-order valence-electron chi connectivity index (χ4n) is 1.37. The van der Waals surface area contributed by atoms with Gasteiger partial charge in [-0.1, -0.05) is 5.16 Å². The van der Waals surface area contributed by atoms with Crippen molar-refractivity contribution in [1.82, 2.24) is 5.16 Å². The van der Waals surface area contributed by atoms with Crippen LogP contribution < -0.4 is 0 Å². The summed E-state index contributed by atoms with van der Waals surface area (Å²) in [7, 11) is 0. The molecule has 2 aromatic rings. The summed E-state index contributed by atoms with van der Waals surface area (Å²) < 4.78 is 17.7. The number of carboxylic acids is 1. The van der Waals surface area contributed by atoms with Gasteiger partial charge in [0.1, 0.15) is 5.82 Å². The molecule has 0 unspecified atom stereocenters. The van der Waals surface area contributed by atoms with Gasteiger partial charge in [0.25, 0.3) is 0 Å². The van der Waals surface area contributed by atoms with Crippen molar-refractivity contribution >= 4 is 16.9 Å². The Morgan fingerprint density at radius 2 is 2.33 bits per heavy atom. The molecule has 0 aliphatic heterocycles. The largest absolute Gasteiger partial charge is 0.481 e. The van der Waals surface area contributed by atoms with Gasteiger partial charge < -0.3 is 9.63 Å². The number of carboxylic acid groups (broad SMARTS) is 1. The third-order valence-electron chi connectivity index (χ3n) is 2.08. The van der Waals surface area contributed by atoms with Crippen molar-refractivity contribution in [2.45, 2.75) is 12.8 Å². The molecule has 2 rings (SSSR count). The number of hydrogen-bond donors (Lipinski definition) is 1. The van der Waals surface area contributed by atoms with E-state index in [4.69, 9.17) is 9.63 Å². The Morgan fingerprint density at radius 3 is 3.07 bits per heavy atom. The van der Waals surface area contributed by atoms with Crippen LogP contribution in [-0.2, 0) is 11.2 Å². The summed E-state index contributed by atoms with van der Waals surface area (Å²) in [5.74, 6) is -1.29. The molecule has 0 saturated carbocycles. The minimum absolute atomic E-state index is 0.0149. The quantitative estimate of drug-likeness (QED) is 0.839. The zero-order valence-corrected chi connectivity index (χ0v) is 7.74. The van der Waals surface area contributed by atoms with Gasteiger partial charge in [-0.05, 0) is 12.1 Å². The number of nitrogens with zero attached hydrogens (tertiary/aromatic N) is 1. The van der Waals surface area contributed by atoms with Gasteiger partial charge in [0, 0.05) is 17.9 Å². The molecular formula is C10H8FNO3. The number of aromatic nitrogens is 1. The number of rotatable bonds is 3. The van der Waals surface area contributed by atoms with E-state index in [-0.39, 0.29) is 12.8 Å². The number of carbonyl (C=O) groups is 1. The Hall–Kier alpha value is -1.91. The lowest BCUT2D eigenvalue weighted by Crippen LogP contribution is -1.97. The molecular weight excluding hydrogens is 201 g/mol. The first-order valence-corrected chi connectivity index (χ1v) is 4.42. The topological polar surface area (TPSA) is 63.3 Å². The van der Waals surface area contributed by atoms with E-state index in [1.807, 2.05) is 0 Å². The monoisotopic (exact) mass is 209 g/mol. The maximum absolute atomic E-state index is 12.8. The lowest BCUT2D eigenvalue weighted by Gasteiger charge is -1.92. The second-order valence-electron chi connectivity index (χ2n) is 3.16. The summed E-state index contributed by atoms with van der Waals surface area (Å²) in [6.45, 7) is 0. The molecule has 0 aliphatic carbocycles. The van der Waals surface area contributed by atoms with Crippen LogP contribution in [0.4, 0.5) is 4.39 Å². The molecule has 1 aromatic carbocycles. The van der Waals surface area contributed by atoms with Crippen LogP contribution in [0.5, 0.6) is 0 Å². The fourth-order valence-corrected chi connectivity index (χ4v) is 1.37. The second-order valence-corrected chi connectivity index (χ2v) is 3.16. The van der Waals surface area contributed by atoms with E-state index in [0.717, 1.165) is 0 Å². The highest BCUT2D eigenvalue weighted by molar-refractivity contribution is 5.80. The van der Waals surface area contributed by atoms with Crippen molar-refractivity contribution < 1.29 is 18.8 Å². The highest BCUT2D eigenvalue weighted by atomic mass is 19.1. The molecule has 0 fully saturated rings. The molecule has 4 nitrogen and oxygen atoms in total. The number of aliphatic carboxylic acids is 1. The summed E-state index contributed by atoms with van der Waals surface area (Å²) >= 11 is 0. The van der Waals surface area contributed by atoms with E-state index in [2.05, 4.69) is 5.16 Å². The third kappa shape index (κ3) is 1.96.